The fourth-order valence-corrected chi connectivity index (χ4v) is 2.73. The number of aliphatic hydroxyl groups is 1. The van der Waals surface area contributed by atoms with E-state index < -0.39 is 6.10 Å². The molecule has 5 heteroatoms. The van der Waals surface area contributed by atoms with Crippen LogP contribution in [0, 0.1) is 0 Å². The first-order valence-electron chi connectivity index (χ1n) is 6.59. The van der Waals surface area contributed by atoms with Gasteiger partial charge in [-0.25, -0.2) is 0 Å². The first-order valence-corrected chi connectivity index (χ1v) is 8.14. The zero-order valence-corrected chi connectivity index (χ0v) is 14.6. The normalized spacial score (nSPS) is 14.0. The van der Waals surface area contributed by atoms with E-state index in [1.54, 1.807) is 18.2 Å². The van der Waals surface area contributed by atoms with Gasteiger partial charge in [-0.1, -0.05) is 51.3 Å². The van der Waals surface area contributed by atoms with Gasteiger partial charge in [0.15, 0.2) is 0 Å². The standard InChI is InChI=1S/C16H16BrCl2NO/c1-10(11-2-4-12(17)5-3-11)20-9-16(21)14-8-13(18)6-7-15(14)19/h2-8,10,16,20-21H,9H2,1H3. The van der Waals surface area contributed by atoms with E-state index in [9.17, 15) is 5.11 Å². The molecule has 0 amide bonds. The molecule has 0 aromatic heterocycles. The summed E-state index contributed by atoms with van der Waals surface area (Å²) < 4.78 is 1.05. The lowest BCUT2D eigenvalue weighted by atomic mass is 10.1. The van der Waals surface area contributed by atoms with Crippen LogP contribution in [0.4, 0.5) is 0 Å². The molecule has 0 spiro atoms. The second kappa shape index (κ2) is 7.61. The molecule has 2 aromatic carbocycles. The smallest absolute Gasteiger partial charge is 0.0929 e. The molecule has 0 heterocycles. The fourth-order valence-electron chi connectivity index (χ4n) is 2.04. The van der Waals surface area contributed by atoms with Crippen molar-refractivity contribution >= 4 is 39.1 Å². The fraction of sp³-hybridized carbons (Fsp3) is 0.250. The first kappa shape index (κ1) is 16.8. The molecular weight excluding hydrogens is 373 g/mol. The van der Waals surface area contributed by atoms with Gasteiger partial charge in [-0.15, -0.1) is 0 Å². The molecule has 2 N–H and O–H groups in total. The molecule has 0 aliphatic carbocycles. The lowest BCUT2D eigenvalue weighted by molar-refractivity contribution is 0.171. The van der Waals surface area contributed by atoms with Gasteiger partial charge in [0, 0.05) is 32.7 Å². The zero-order chi connectivity index (χ0) is 15.4. The summed E-state index contributed by atoms with van der Waals surface area (Å²) in [6, 6.07) is 13.3. The van der Waals surface area contributed by atoms with Crippen LogP contribution < -0.4 is 5.32 Å². The van der Waals surface area contributed by atoms with Crippen molar-refractivity contribution in [2.24, 2.45) is 0 Å². The quantitative estimate of drug-likeness (QED) is 0.743. The third-order valence-corrected chi connectivity index (χ3v) is 4.41. The molecular formula is C16H16BrCl2NO. The Kier molecular flexibility index (Phi) is 6.08. The van der Waals surface area contributed by atoms with Crippen LogP contribution in [0.15, 0.2) is 46.9 Å². The summed E-state index contributed by atoms with van der Waals surface area (Å²) in [5, 5.41) is 14.6. The summed E-state index contributed by atoms with van der Waals surface area (Å²) in [6.07, 6.45) is -0.700. The number of halogens is 3. The van der Waals surface area contributed by atoms with E-state index in [0.717, 1.165) is 10.0 Å². The molecule has 0 fully saturated rings. The monoisotopic (exact) mass is 387 g/mol. The van der Waals surface area contributed by atoms with Crippen molar-refractivity contribution in [2.75, 3.05) is 6.54 Å². The molecule has 2 unspecified atom stereocenters. The summed E-state index contributed by atoms with van der Waals surface area (Å²) in [4.78, 5) is 0. The minimum Gasteiger partial charge on any atom is -0.387 e. The Morgan fingerprint density at radius 2 is 1.81 bits per heavy atom. The molecule has 112 valence electrons. The van der Waals surface area contributed by atoms with Gasteiger partial charge < -0.3 is 10.4 Å². The topological polar surface area (TPSA) is 32.3 Å². The molecule has 0 saturated heterocycles. The predicted octanol–water partition coefficient (Wildman–Crippen LogP) is 5.14. The summed E-state index contributed by atoms with van der Waals surface area (Å²) in [6.45, 7) is 2.45. The Hall–Kier alpha value is -0.580. The maximum absolute atomic E-state index is 10.3. The lowest BCUT2D eigenvalue weighted by Gasteiger charge is -2.18. The number of rotatable bonds is 5. The Balaban J connectivity index is 1.98. The average molecular weight is 389 g/mol. The van der Waals surface area contributed by atoms with Gasteiger partial charge in [-0.3, -0.25) is 0 Å². The number of aliphatic hydroxyl groups excluding tert-OH is 1. The van der Waals surface area contributed by atoms with Gasteiger partial charge in [-0.05, 0) is 42.8 Å². The van der Waals surface area contributed by atoms with E-state index in [2.05, 4.69) is 28.2 Å². The van der Waals surface area contributed by atoms with Gasteiger partial charge >= 0.3 is 0 Å². The van der Waals surface area contributed by atoms with Crippen LogP contribution >= 0.6 is 39.1 Å². The van der Waals surface area contributed by atoms with Gasteiger partial charge in [0.25, 0.3) is 0 Å². The highest BCUT2D eigenvalue weighted by molar-refractivity contribution is 9.10. The van der Waals surface area contributed by atoms with E-state index in [4.69, 9.17) is 23.2 Å². The lowest BCUT2D eigenvalue weighted by Crippen LogP contribution is -2.24. The molecule has 21 heavy (non-hydrogen) atoms. The van der Waals surface area contributed by atoms with Gasteiger partial charge in [-0.2, -0.15) is 0 Å². The van der Waals surface area contributed by atoms with Crippen LogP contribution in [-0.4, -0.2) is 11.7 Å². The van der Waals surface area contributed by atoms with Gasteiger partial charge in [0.2, 0.25) is 0 Å². The maximum Gasteiger partial charge on any atom is 0.0929 e. The van der Waals surface area contributed by atoms with E-state index >= 15 is 0 Å². The predicted molar refractivity (Wildman–Crippen MR) is 92.0 cm³/mol. The molecule has 0 saturated carbocycles. The third kappa shape index (κ3) is 4.70. The van der Waals surface area contributed by atoms with Gasteiger partial charge in [0.05, 0.1) is 6.10 Å². The van der Waals surface area contributed by atoms with Crippen LogP contribution in [-0.2, 0) is 0 Å². The largest absolute Gasteiger partial charge is 0.387 e. The zero-order valence-electron chi connectivity index (χ0n) is 11.5. The minimum atomic E-state index is -0.700. The Morgan fingerprint density at radius 1 is 1.14 bits per heavy atom. The van der Waals surface area contributed by atoms with E-state index in [1.165, 1.54) is 0 Å². The molecule has 0 radical (unpaired) electrons. The van der Waals surface area contributed by atoms with Crippen molar-refractivity contribution in [3.05, 3.63) is 68.1 Å². The van der Waals surface area contributed by atoms with E-state index in [-0.39, 0.29) is 6.04 Å². The number of nitrogens with one attached hydrogen (secondary N) is 1. The highest BCUT2D eigenvalue weighted by atomic mass is 79.9. The number of benzene rings is 2. The third-order valence-electron chi connectivity index (χ3n) is 3.30. The van der Waals surface area contributed by atoms with Crippen LogP contribution in [0.3, 0.4) is 0 Å². The SMILES string of the molecule is CC(NCC(O)c1cc(Cl)ccc1Cl)c1ccc(Br)cc1. The first-order chi connectivity index (χ1) is 9.97. The van der Waals surface area contributed by atoms with E-state index in [0.29, 0.717) is 22.2 Å². The van der Waals surface area contributed by atoms with Crippen molar-refractivity contribution in [1.29, 1.82) is 0 Å². The van der Waals surface area contributed by atoms with Crippen molar-refractivity contribution < 1.29 is 5.11 Å². The minimum absolute atomic E-state index is 0.130. The Morgan fingerprint density at radius 3 is 2.48 bits per heavy atom. The molecule has 2 rings (SSSR count). The van der Waals surface area contributed by atoms with Crippen molar-refractivity contribution in [3.63, 3.8) is 0 Å². The molecule has 2 aromatic rings. The molecule has 0 aliphatic heterocycles. The van der Waals surface area contributed by atoms with Crippen LogP contribution in [0.2, 0.25) is 10.0 Å². The van der Waals surface area contributed by atoms with Crippen molar-refractivity contribution in [2.45, 2.75) is 19.1 Å². The van der Waals surface area contributed by atoms with Crippen LogP contribution in [0.25, 0.3) is 0 Å². The summed E-state index contributed by atoms with van der Waals surface area (Å²) >= 11 is 15.4. The summed E-state index contributed by atoms with van der Waals surface area (Å²) in [5.41, 5.74) is 1.79. The average Bonchev–Trinajstić information content (AvgIpc) is 2.47. The Labute approximate surface area is 143 Å². The second-order valence-corrected chi connectivity index (χ2v) is 6.62. The molecule has 0 bridgehead atoms. The Bertz CT molecular complexity index is 604. The van der Waals surface area contributed by atoms with Crippen molar-refractivity contribution in [1.82, 2.24) is 5.32 Å². The van der Waals surface area contributed by atoms with Crippen molar-refractivity contribution in [3.8, 4) is 0 Å². The van der Waals surface area contributed by atoms with E-state index in [1.807, 2.05) is 24.3 Å². The molecule has 2 atom stereocenters. The van der Waals surface area contributed by atoms with Crippen LogP contribution in [0.5, 0.6) is 0 Å². The van der Waals surface area contributed by atoms with Gasteiger partial charge in [0.1, 0.15) is 0 Å². The van der Waals surface area contributed by atoms with Crippen LogP contribution in [0.1, 0.15) is 30.2 Å². The highest BCUT2D eigenvalue weighted by Crippen LogP contribution is 2.26. The molecule has 0 aliphatic rings. The molecule has 2 nitrogen and oxygen atoms in total. The summed E-state index contributed by atoms with van der Waals surface area (Å²) in [7, 11) is 0. The number of hydrogen-bond acceptors (Lipinski definition) is 2. The highest BCUT2D eigenvalue weighted by Gasteiger charge is 2.14. The maximum atomic E-state index is 10.3. The number of hydrogen-bond donors (Lipinski definition) is 2. The summed E-state index contributed by atoms with van der Waals surface area (Å²) in [5.74, 6) is 0. The second-order valence-electron chi connectivity index (χ2n) is 4.86.